The fraction of sp³-hybridized carbons (Fsp3) is 0.318. The summed E-state index contributed by atoms with van der Waals surface area (Å²) in [6, 6.07) is 13.4. The molecule has 0 fully saturated rings. The fourth-order valence-corrected chi connectivity index (χ4v) is 2.92. The molecule has 0 atom stereocenters. The first-order chi connectivity index (χ1) is 12.8. The molecule has 1 N–H and O–H groups in total. The summed E-state index contributed by atoms with van der Waals surface area (Å²) >= 11 is 0. The van der Waals surface area contributed by atoms with Gasteiger partial charge >= 0.3 is 0 Å². The van der Waals surface area contributed by atoms with Crippen LogP contribution in [0.5, 0.6) is 5.75 Å². The number of hydrogen-bond donors (Lipinski definition) is 1. The molecule has 0 saturated heterocycles. The fourth-order valence-electron chi connectivity index (χ4n) is 2.92. The molecule has 0 aliphatic rings. The highest BCUT2D eigenvalue weighted by molar-refractivity contribution is 5.97. The predicted octanol–water partition coefficient (Wildman–Crippen LogP) is 3.96. The molecule has 5 heteroatoms. The highest BCUT2D eigenvalue weighted by Gasteiger charge is 2.22. The molecule has 0 spiro atoms. The molecule has 1 amide bonds. The van der Waals surface area contributed by atoms with Gasteiger partial charge in [-0.05, 0) is 49.7 Å². The summed E-state index contributed by atoms with van der Waals surface area (Å²) in [6.07, 6.45) is 0. The lowest BCUT2D eigenvalue weighted by Gasteiger charge is -2.26. The number of carbonyl (C=O) groups is 1. The molecule has 0 bridgehead atoms. The molecule has 0 unspecified atom stereocenters. The summed E-state index contributed by atoms with van der Waals surface area (Å²) in [5.41, 5.74) is 4.84. The second kappa shape index (κ2) is 7.35. The maximum Gasteiger partial charge on any atom is 0.251 e. The van der Waals surface area contributed by atoms with Crippen LogP contribution >= 0.6 is 0 Å². The van der Waals surface area contributed by atoms with E-state index >= 15 is 0 Å². The first-order valence-electron chi connectivity index (χ1n) is 8.98. The van der Waals surface area contributed by atoms with Crippen molar-refractivity contribution in [2.45, 2.75) is 33.1 Å². The van der Waals surface area contributed by atoms with Crippen molar-refractivity contribution in [2.24, 2.45) is 0 Å². The third-order valence-electron chi connectivity index (χ3n) is 4.90. The van der Waals surface area contributed by atoms with Gasteiger partial charge in [0.2, 0.25) is 0 Å². The van der Waals surface area contributed by atoms with Gasteiger partial charge in [0.1, 0.15) is 5.75 Å². The van der Waals surface area contributed by atoms with E-state index in [-0.39, 0.29) is 11.3 Å². The molecule has 3 aromatic rings. The first-order valence-corrected chi connectivity index (χ1v) is 8.98. The van der Waals surface area contributed by atoms with E-state index in [0.29, 0.717) is 12.1 Å². The molecule has 1 heterocycles. The van der Waals surface area contributed by atoms with Gasteiger partial charge in [0.15, 0.2) is 0 Å². The van der Waals surface area contributed by atoms with E-state index in [2.05, 4.69) is 29.1 Å². The largest absolute Gasteiger partial charge is 0.497 e. The van der Waals surface area contributed by atoms with Gasteiger partial charge in [-0.15, -0.1) is 0 Å². The number of nitrogens with one attached hydrogen (secondary N) is 1. The van der Waals surface area contributed by atoms with Crippen LogP contribution in [0.3, 0.4) is 0 Å². The summed E-state index contributed by atoms with van der Waals surface area (Å²) in [6.45, 7) is 8.59. The molecule has 5 nitrogen and oxygen atoms in total. The van der Waals surface area contributed by atoms with Crippen molar-refractivity contribution < 1.29 is 9.53 Å². The van der Waals surface area contributed by atoms with Crippen LogP contribution in [0, 0.1) is 13.8 Å². The Morgan fingerprint density at radius 3 is 2.26 bits per heavy atom. The Morgan fingerprint density at radius 1 is 1.00 bits per heavy atom. The van der Waals surface area contributed by atoms with E-state index in [0.717, 1.165) is 33.7 Å². The van der Waals surface area contributed by atoms with Crippen molar-refractivity contribution in [3.05, 3.63) is 65.0 Å². The zero-order valence-corrected chi connectivity index (χ0v) is 16.5. The Labute approximate surface area is 159 Å². The van der Waals surface area contributed by atoms with Crippen molar-refractivity contribution in [2.75, 3.05) is 13.7 Å². The highest BCUT2D eigenvalue weighted by Crippen LogP contribution is 2.24. The number of benzene rings is 2. The van der Waals surface area contributed by atoms with Crippen LogP contribution in [-0.2, 0) is 5.41 Å². The van der Waals surface area contributed by atoms with Gasteiger partial charge in [-0.1, -0.05) is 26.0 Å². The number of ether oxygens (including phenoxy) is 1. The smallest absolute Gasteiger partial charge is 0.251 e. The van der Waals surface area contributed by atoms with E-state index < -0.39 is 0 Å². The molecule has 1 aromatic heterocycles. The Morgan fingerprint density at radius 2 is 1.63 bits per heavy atom. The van der Waals surface area contributed by atoms with Gasteiger partial charge in [-0.2, -0.15) is 0 Å². The Kier molecular flexibility index (Phi) is 5.13. The van der Waals surface area contributed by atoms with Crippen molar-refractivity contribution >= 4 is 16.9 Å². The van der Waals surface area contributed by atoms with Gasteiger partial charge in [-0.25, -0.2) is 9.97 Å². The van der Waals surface area contributed by atoms with Gasteiger partial charge in [0, 0.05) is 17.5 Å². The van der Waals surface area contributed by atoms with E-state index in [1.165, 1.54) is 0 Å². The summed E-state index contributed by atoms with van der Waals surface area (Å²) in [7, 11) is 1.65. The van der Waals surface area contributed by atoms with Crippen LogP contribution < -0.4 is 10.1 Å². The SMILES string of the molecule is COc1ccc(C(C)(C)CNC(=O)c2ccc3nc(C)c(C)nc3c2)cc1. The lowest BCUT2D eigenvalue weighted by Crippen LogP contribution is -2.36. The van der Waals surface area contributed by atoms with Gasteiger partial charge < -0.3 is 10.1 Å². The molecular weight excluding hydrogens is 338 g/mol. The number of hydrogen-bond acceptors (Lipinski definition) is 4. The second-order valence-corrected chi connectivity index (χ2v) is 7.39. The number of carbonyl (C=O) groups excluding carboxylic acids is 1. The molecule has 140 valence electrons. The first kappa shape index (κ1) is 18.8. The number of aromatic nitrogens is 2. The van der Waals surface area contributed by atoms with Crippen LogP contribution in [-0.4, -0.2) is 29.5 Å². The Balaban J connectivity index is 1.74. The molecule has 3 rings (SSSR count). The summed E-state index contributed by atoms with van der Waals surface area (Å²) in [5, 5.41) is 3.04. The van der Waals surface area contributed by atoms with Crippen molar-refractivity contribution in [3.63, 3.8) is 0 Å². The van der Waals surface area contributed by atoms with Gasteiger partial charge in [0.05, 0.1) is 29.5 Å². The summed E-state index contributed by atoms with van der Waals surface area (Å²) < 4.78 is 5.21. The Hall–Kier alpha value is -2.95. The molecule has 0 aliphatic heterocycles. The molecule has 2 aromatic carbocycles. The van der Waals surface area contributed by atoms with Crippen LogP contribution in [0.25, 0.3) is 11.0 Å². The highest BCUT2D eigenvalue weighted by atomic mass is 16.5. The zero-order chi connectivity index (χ0) is 19.6. The number of amides is 1. The summed E-state index contributed by atoms with van der Waals surface area (Å²) in [4.78, 5) is 21.7. The average molecular weight is 363 g/mol. The van der Waals surface area contributed by atoms with Crippen LogP contribution in [0.4, 0.5) is 0 Å². The van der Waals surface area contributed by atoms with Crippen molar-refractivity contribution in [1.82, 2.24) is 15.3 Å². The normalized spacial score (nSPS) is 11.4. The maximum absolute atomic E-state index is 12.6. The molecule has 27 heavy (non-hydrogen) atoms. The summed E-state index contributed by atoms with van der Waals surface area (Å²) in [5.74, 6) is 0.708. The monoisotopic (exact) mass is 363 g/mol. The lowest BCUT2D eigenvalue weighted by atomic mass is 9.84. The maximum atomic E-state index is 12.6. The van der Waals surface area contributed by atoms with Crippen LogP contribution in [0.1, 0.15) is 41.2 Å². The minimum Gasteiger partial charge on any atom is -0.497 e. The minimum absolute atomic E-state index is 0.112. The van der Waals surface area contributed by atoms with Gasteiger partial charge in [-0.3, -0.25) is 4.79 Å². The average Bonchev–Trinajstić information content (AvgIpc) is 2.66. The number of nitrogens with zero attached hydrogens (tertiary/aromatic N) is 2. The number of fused-ring (bicyclic) bond motifs is 1. The number of aryl methyl sites for hydroxylation is 2. The van der Waals surface area contributed by atoms with Crippen molar-refractivity contribution in [3.8, 4) is 5.75 Å². The van der Waals surface area contributed by atoms with E-state index in [9.17, 15) is 4.79 Å². The van der Waals surface area contributed by atoms with Gasteiger partial charge in [0.25, 0.3) is 5.91 Å². The quantitative estimate of drug-likeness (QED) is 0.745. The topological polar surface area (TPSA) is 64.1 Å². The minimum atomic E-state index is -0.202. The third kappa shape index (κ3) is 4.08. The van der Waals surface area contributed by atoms with E-state index in [1.807, 2.05) is 44.2 Å². The lowest BCUT2D eigenvalue weighted by molar-refractivity contribution is 0.0946. The number of rotatable bonds is 5. The molecular formula is C22H25N3O2. The Bertz CT molecular complexity index is 979. The molecule has 0 radical (unpaired) electrons. The van der Waals surface area contributed by atoms with Crippen LogP contribution in [0.2, 0.25) is 0 Å². The molecule has 0 saturated carbocycles. The second-order valence-electron chi connectivity index (χ2n) is 7.39. The van der Waals surface area contributed by atoms with Crippen LogP contribution in [0.15, 0.2) is 42.5 Å². The van der Waals surface area contributed by atoms with E-state index in [4.69, 9.17) is 4.74 Å². The zero-order valence-electron chi connectivity index (χ0n) is 16.5. The molecule has 0 aliphatic carbocycles. The van der Waals surface area contributed by atoms with Crippen molar-refractivity contribution in [1.29, 1.82) is 0 Å². The third-order valence-corrected chi connectivity index (χ3v) is 4.90. The number of methoxy groups -OCH3 is 1. The predicted molar refractivity (Wildman–Crippen MR) is 107 cm³/mol. The standard InChI is InChI=1S/C22H25N3O2/c1-14-15(2)25-20-12-16(6-11-19(20)24-14)21(26)23-13-22(3,4)17-7-9-18(27-5)10-8-17/h6-12H,13H2,1-5H3,(H,23,26). The van der Waals surface area contributed by atoms with E-state index in [1.54, 1.807) is 19.2 Å².